The van der Waals surface area contributed by atoms with E-state index in [9.17, 15) is 0 Å². The van der Waals surface area contributed by atoms with E-state index in [1.54, 1.807) is 6.08 Å². The van der Waals surface area contributed by atoms with Crippen LogP contribution < -0.4 is 16.2 Å². The third kappa shape index (κ3) is 1.20. The summed E-state index contributed by atoms with van der Waals surface area (Å²) < 4.78 is 5.29. The first kappa shape index (κ1) is 7.34. The van der Waals surface area contributed by atoms with Gasteiger partial charge in [-0.05, 0) is 18.2 Å². The molecule has 0 saturated carbocycles. The van der Waals surface area contributed by atoms with Gasteiger partial charge in [0.1, 0.15) is 5.75 Å². The van der Waals surface area contributed by atoms with Crippen LogP contribution in [0.3, 0.4) is 0 Å². The Balaban J connectivity index is 2.46. The second kappa shape index (κ2) is 2.33. The third-order valence-electron chi connectivity index (χ3n) is 1.73. The van der Waals surface area contributed by atoms with Crippen LogP contribution in [-0.2, 0) is 0 Å². The molecule has 1 aliphatic heterocycles. The first-order valence-electron chi connectivity index (χ1n) is 3.72. The molecule has 0 bridgehead atoms. The highest BCUT2D eigenvalue weighted by atomic mass is 16.5. The summed E-state index contributed by atoms with van der Waals surface area (Å²) in [5.74, 6) is -0.432. The average Bonchev–Trinajstić information content (AvgIpc) is 2.02. The number of hydrogen-bond acceptors (Lipinski definition) is 3. The molecule has 0 aliphatic carbocycles. The fraction of sp³-hybridized carbons (Fsp3) is 0.111. The lowest BCUT2D eigenvalue weighted by atomic mass is 10.1. The molecule has 0 saturated heterocycles. The van der Waals surface area contributed by atoms with Crippen molar-refractivity contribution in [2.24, 2.45) is 11.5 Å². The quantitative estimate of drug-likeness (QED) is 0.551. The first-order chi connectivity index (χ1) is 5.67. The van der Waals surface area contributed by atoms with E-state index in [2.05, 4.69) is 0 Å². The molecular weight excluding hydrogens is 152 g/mol. The summed E-state index contributed by atoms with van der Waals surface area (Å²) in [6.45, 7) is 0. The molecule has 2 rings (SSSR count). The van der Waals surface area contributed by atoms with Crippen molar-refractivity contribution in [2.45, 2.75) is 5.85 Å². The van der Waals surface area contributed by atoms with Crippen LogP contribution in [0, 0.1) is 0 Å². The highest BCUT2D eigenvalue weighted by Gasteiger charge is 2.21. The Labute approximate surface area is 70.6 Å². The largest absolute Gasteiger partial charge is 0.456 e. The molecule has 12 heavy (non-hydrogen) atoms. The highest BCUT2D eigenvalue weighted by Crippen LogP contribution is 2.25. The topological polar surface area (TPSA) is 61.3 Å². The minimum absolute atomic E-state index is 0.727. The van der Waals surface area contributed by atoms with E-state index in [4.69, 9.17) is 16.2 Å². The second-order valence-electron chi connectivity index (χ2n) is 2.83. The Bertz CT molecular complexity index is 331. The Hall–Kier alpha value is -1.32. The number of para-hydroxylation sites is 1. The van der Waals surface area contributed by atoms with E-state index < -0.39 is 5.85 Å². The van der Waals surface area contributed by atoms with E-state index in [1.165, 1.54) is 0 Å². The molecule has 0 unspecified atom stereocenters. The minimum atomic E-state index is -1.16. The number of fused-ring (bicyclic) bond motifs is 1. The van der Waals surface area contributed by atoms with Crippen molar-refractivity contribution in [1.29, 1.82) is 0 Å². The summed E-state index contributed by atoms with van der Waals surface area (Å²) in [7, 11) is 0. The lowest BCUT2D eigenvalue weighted by Crippen LogP contribution is -2.53. The van der Waals surface area contributed by atoms with Crippen molar-refractivity contribution in [3.63, 3.8) is 0 Å². The van der Waals surface area contributed by atoms with Crippen LogP contribution in [0.25, 0.3) is 6.08 Å². The van der Waals surface area contributed by atoms with Gasteiger partial charge in [-0.25, -0.2) is 0 Å². The van der Waals surface area contributed by atoms with Crippen molar-refractivity contribution in [2.75, 3.05) is 0 Å². The monoisotopic (exact) mass is 162 g/mol. The molecule has 0 spiro atoms. The second-order valence-corrected chi connectivity index (χ2v) is 2.83. The number of nitrogens with two attached hydrogens (primary N) is 2. The van der Waals surface area contributed by atoms with Crippen LogP contribution >= 0.6 is 0 Å². The highest BCUT2D eigenvalue weighted by molar-refractivity contribution is 5.60. The molecule has 0 radical (unpaired) electrons. The van der Waals surface area contributed by atoms with Crippen LogP contribution in [-0.4, -0.2) is 5.85 Å². The Kier molecular flexibility index (Phi) is 1.43. The normalized spacial score (nSPS) is 18.2. The standard InChI is InChI=1S/C9H10N2O/c10-9(11)6-5-7-3-1-2-4-8(7)12-9/h1-6H,10-11H2. The van der Waals surface area contributed by atoms with Gasteiger partial charge in [0, 0.05) is 5.56 Å². The summed E-state index contributed by atoms with van der Waals surface area (Å²) >= 11 is 0. The van der Waals surface area contributed by atoms with E-state index in [-0.39, 0.29) is 0 Å². The first-order valence-corrected chi connectivity index (χ1v) is 3.72. The molecule has 4 N–H and O–H groups in total. The van der Waals surface area contributed by atoms with Crippen molar-refractivity contribution < 1.29 is 4.74 Å². The number of ether oxygens (including phenoxy) is 1. The molecule has 1 aromatic rings. The third-order valence-corrected chi connectivity index (χ3v) is 1.73. The lowest BCUT2D eigenvalue weighted by Gasteiger charge is -2.26. The van der Waals surface area contributed by atoms with Crippen LogP contribution in [0.15, 0.2) is 30.3 Å². The van der Waals surface area contributed by atoms with E-state index in [0.717, 1.165) is 11.3 Å². The minimum Gasteiger partial charge on any atom is -0.456 e. The lowest BCUT2D eigenvalue weighted by molar-refractivity contribution is 0.132. The molecule has 3 nitrogen and oxygen atoms in total. The smallest absolute Gasteiger partial charge is 0.233 e. The summed E-state index contributed by atoms with van der Waals surface area (Å²) in [5.41, 5.74) is 12.1. The number of rotatable bonds is 0. The molecule has 0 atom stereocenters. The average molecular weight is 162 g/mol. The van der Waals surface area contributed by atoms with Gasteiger partial charge in [0.2, 0.25) is 5.85 Å². The van der Waals surface area contributed by atoms with Crippen molar-refractivity contribution >= 4 is 6.08 Å². The maximum atomic E-state index is 5.56. The van der Waals surface area contributed by atoms with Gasteiger partial charge in [-0.2, -0.15) is 0 Å². The fourth-order valence-electron chi connectivity index (χ4n) is 1.16. The van der Waals surface area contributed by atoms with Gasteiger partial charge in [0.25, 0.3) is 0 Å². The van der Waals surface area contributed by atoms with Gasteiger partial charge in [-0.15, -0.1) is 0 Å². The number of benzene rings is 1. The summed E-state index contributed by atoms with van der Waals surface area (Å²) in [6, 6.07) is 7.61. The zero-order valence-electron chi connectivity index (χ0n) is 6.53. The van der Waals surface area contributed by atoms with Gasteiger partial charge < -0.3 is 4.74 Å². The predicted octanol–water partition coefficient (Wildman–Crippen LogP) is 0.663. The van der Waals surface area contributed by atoms with Gasteiger partial charge in [-0.3, -0.25) is 11.5 Å². The zero-order chi connectivity index (χ0) is 8.60. The van der Waals surface area contributed by atoms with Crippen LogP contribution in [0.4, 0.5) is 0 Å². The van der Waals surface area contributed by atoms with E-state index >= 15 is 0 Å². The fourth-order valence-corrected chi connectivity index (χ4v) is 1.16. The summed E-state index contributed by atoms with van der Waals surface area (Å²) in [5, 5.41) is 0. The maximum Gasteiger partial charge on any atom is 0.233 e. The molecule has 1 aliphatic rings. The molecule has 0 amide bonds. The molecule has 3 heteroatoms. The van der Waals surface area contributed by atoms with Gasteiger partial charge >= 0.3 is 0 Å². The molecule has 62 valence electrons. The van der Waals surface area contributed by atoms with Crippen molar-refractivity contribution in [3.05, 3.63) is 35.9 Å². The number of hydrogen-bond donors (Lipinski definition) is 2. The SMILES string of the molecule is NC1(N)C=Cc2ccccc2O1. The van der Waals surface area contributed by atoms with Crippen LogP contribution in [0.5, 0.6) is 5.75 Å². The summed E-state index contributed by atoms with van der Waals surface area (Å²) in [4.78, 5) is 0. The molecule has 1 heterocycles. The van der Waals surface area contributed by atoms with Gasteiger partial charge in [-0.1, -0.05) is 18.2 Å². The zero-order valence-corrected chi connectivity index (χ0v) is 6.53. The Morgan fingerprint density at radius 2 is 1.92 bits per heavy atom. The molecule has 1 aromatic carbocycles. The molecular formula is C9H10N2O. The molecule has 0 fully saturated rings. The van der Waals surface area contributed by atoms with E-state index in [1.807, 2.05) is 30.3 Å². The maximum absolute atomic E-state index is 5.56. The van der Waals surface area contributed by atoms with Crippen molar-refractivity contribution in [1.82, 2.24) is 0 Å². The van der Waals surface area contributed by atoms with Gasteiger partial charge in [0.05, 0.1) is 0 Å². The van der Waals surface area contributed by atoms with E-state index in [0.29, 0.717) is 0 Å². The van der Waals surface area contributed by atoms with Crippen LogP contribution in [0.1, 0.15) is 5.56 Å². The Morgan fingerprint density at radius 3 is 2.75 bits per heavy atom. The van der Waals surface area contributed by atoms with Gasteiger partial charge in [0.15, 0.2) is 0 Å². The molecule has 0 aromatic heterocycles. The van der Waals surface area contributed by atoms with Crippen LogP contribution in [0.2, 0.25) is 0 Å². The predicted molar refractivity (Wildman–Crippen MR) is 47.2 cm³/mol. The van der Waals surface area contributed by atoms with Crippen molar-refractivity contribution in [3.8, 4) is 5.75 Å². The Morgan fingerprint density at radius 1 is 1.17 bits per heavy atom. The summed E-state index contributed by atoms with van der Waals surface area (Å²) in [6.07, 6.45) is 3.49.